The summed E-state index contributed by atoms with van der Waals surface area (Å²) in [7, 11) is -1.11. The molecule has 0 spiro atoms. The van der Waals surface area contributed by atoms with Crippen molar-refractivity contribution >= 4 is 29.7 Å². The largest absolute Gasteiger partial charge is 0.573 e. The van der Waals surface area contributed by atoms with Gasteiger partial charge in [0.05, 0.1) is 17.1 Å². The predicted octanol–water partition coefficient (Wildman–Crippen LogP) is 6.91. The van der Waals surface area contributed by atoms with Crippen LogP contribution in [-0.2, 0) is 17.5 Å². The molecule has 0 aliphatic heterocycles. The van der Waals surface area contributed by atoms with Crippen LogP contribution in [0.5, 0.6) is 5.75 Å². The van der Waals surface area contributed by atoms with Crippen molar-refractivity contribution < 1.29 is 22.5 Å². The van der Waals surface area contributed by atoms with Gasteiger partial charge in [-0.3, -0.25) is 0 Å². The van der Waals surface area contributed by atoms with Gasteiger partial charge in [-0.1, -0.05) is 18.2 Å². The Bertz CT molecular complexity index is 1310. The molecule has 1 fully saturated rings. The van der Waals surface area contributed by atoms with Crippen LogP contribution in [0.2, 0.25) is 0 Å². The van der Waals surface area contributed by atoms with E-state index in [2.05, 4.69) is 9.91 Å². The number of nitrogens with zero attached hydrogens (tertiary/aromatic N) is 3. The van der Waals surface area contributed by atoms with E-state index in [-0.39, 0.29) is 34.2 Å². The van der Waals surface area contributed by atoms with E-state index in [1.54, 1.807) is 29.8 Å². The minimum Gasteiger partial charge on any atom is -0.405 e. The summed E-state index contributed by atoms with van der Waals surface area (Å²) in [6.45, 7) is 2.95. The standard InChI is InChI=1S/C23H22ClF3N3O3P/c1-30-21(13-7-8-13)20(15-5-4-6-18(29-31)17(15)12-24)28-22(30)16-10-9-14(34(2,3)32)11-19(16)33-23(25,26)27/h4-6,9-11,13H,7-8,12H2,1-3H3. The molecule has 0 radical (unpaired) electrons. The van der Waals surface area contributed by atoms with E-state index < -0.39 is 19.3 Å². The lowest BCUT2D eigenvalue weighted by Gasteiger charge is -2.16. The highest BCUT2D eigenvalue weighted by atomic mass is 35.5. The third-order valence-corrected chi connectivity index (χ3v) is 7.58. The summed E-state index contributed by atoms with van der Waals surface area (Å²) >= 11 is 6.13. The van der Waals surface area contributed by atoms with Crippen molar-refractivity contribution in [2.24, 2.45) is 12.2 Å². The quantitative estimate of drug-likeness (QED) is 0.196. The number of ether oxygens (including phenoxy) is 1. The van der Waals surface area contributed by atoms with Crippen LogP contribution < -0.4 is 10.0 Å². The van der Waals surface area contributed by atoms with Crippen LogP contribution in [0.3, 0.4) is 0 Å². The number of halogens is 4. The summed E-state index contributed by atoms with van der Waals surface area (Å²) in [5.41, 5.74) is 2.79. The predicted molar refractivity (Wildman–Crippen MR) is 127 cm³/mol. The minimum atomic E-state index is -4.94. The van der Waals surface area contributed by atoms with Crippen LogP contribution in [-0.4, -0.2) is 29.2 Å². The van der Waals surface area contributed by atoms with Gasteiger partial charge in [-0.2, -0.15) is 0 Å². The number of imidazole rings is 1. The Morgan fingerprint density at radius 2 is 1.91 bits per heavy atom. The lowest BCUT2D eigenvalue weighted by Crippen LogP contribution is -2.19. The van der Waals surface area contributed by atoms with Crippen molar-refractivity contribution in [3.05, 3.63) is 52.6 Å². The monoisotopic (exact) mass is 511 g/mol. The molecule has 4 rings (SSSR count). The summed E-state index contributed by atoms with van der Waals surface area (Å²) in [5, 5.41) is 3.32. The number of alkyl halides is 4. The number of benzene rings is 2. The van der Waals surface area contributed by atoms with Crippen molar-refractivity contribution in [1.29, 1.82) is 0 Å². The summed E-state index contributed by atoms with van der Waals surface area (Å²) in [6.07, 6.45) is -3.12. The molecule has 6 nitrogen and oxygen atoms in total. The molecular weight excluding hydrogens is 490 g/mol. The molecule has 0 atom stereocenters. The normalized spacial score (nSPS) is 14.3. The van der Waals surface area contributed by atoms with Gasteiger partial charge >= 0.3 is 6.36 Å². The van der Waals surface area contributed by atoms with E-state index in [4.69, 9.17) is 16.6 Å². The molecule has 3 aromatic rings. The minimum absolute atomic E-state index is 0.0205. The molecule has 1 heterocycles. The van der Waals surface area contributed by atoms with Crippen molar-refractivity contribution in [2.45, 2.75) is 31.0 Å². The van der Waals surface area contributed by atoms with Crippen LogP contribution >= 0.6 is 18.7 Å². The maximum absolute atomic E-state index is 13.3. The number of aromatic nitrogens is 2. The molecule has 11 heteroatoms. The van der Waals surface area contributed by atoms with Crippen LogP contribution in [0.15, 0.2) is 41.6 Å². The molecule has 1 aliphatic carbocycles. The lowest BCUT2D eigenvalue weighted by atomic mass is 10.0. The Kier molecular flexibility index (Phi) is 6.38. The second-order valence-corrected chi connectivity index (χ2v) is 12.1. The van der Waals surface area contributed by atoms with Crippen LogP contribution in [0.25, 0.3) is 22.6 Å². The van der Waals surface area contributed by atoms with Crippen molar-refractivity contribution in [1.82, 2.24) is 9.55 Å². The number of hydrogen-bond acceptors (Lipinski definition) is 5. The first-order valence-corrected chi connectivity index (χ1v) is 13.6. The van der Waals surface area contributed by atoms with E-state index in [1.807, 2.05) is 0 Å². The summed E-state index contributed by atoms with van der Waals surface area (Å²) < 4.78 is 58.4. The fourth-order valence-electron chi connectivity index (χ4n) is 4.04. The summed E-state index contributed by atoms with van der Waals surface area (Å²) in [5.74, 6) is -0.0197. The number of hydrogen-bond donors (Lipinski definition) is 0. The Hall–Kier alpha value is -2.64. The zero-order valence-corrected chi connectivity index (χ0v) is 20.3. The van der Waals surface area contributed by atoms with Crippen molar-refractivity contribution in [3.63, 3.8) is 0 Å². The van der Waals surface area contributed by atoms with Crippen molar-refractivity contribution in [3.8, 4) is 28.4 Å². The fourth-order valence-corrected chi connectivity index (χ4v) is 5.18. The Balaban J connectivity index is 1.96. The third-order valence-electron chi connectivity index (χ3n) is 5.80. The van der Waals surface area contributed by atoms with Gasteiger partial charge < -0.3 is 13.9 Å². The van der Waals surface area contributed by atoms with Crippen molar-refractivity contribution in [2.75, 3.05) is 13.3 Å². The highest BCUT2D eigenvalue weighted by molar-refractivity contribution is 7.70. The maximum Gasteiger partial charge on any atom is 0.573 e. The van der Waals surface area contributed by atoms with Crippen LogP contribution in [0.1, 0.15) is 30.0 Å². The molecule has 2 aromatic carbocycles. The fraction of sp³-hybridized carbons (Fsp3) is 0.348. The molecule has 0 bridgehead atoms. The van der Waals surface area contributed by atoms with Gasteiger partial charge in [0.1, 0.15) is 24.4 Å². The zero-order valence-electron chi connectivity index (χ0n) is 18.7. The van der Waals surface area contributed by atoms with Crippen LogP contribution in [0, 0.1) is 4.91 Å². The van der Waals surface area contributed by atoms with Gasteiger partial charge in [0.15, 0.2) is 0 Å². The highest BCUT2D eigenvalue weighted by Crippen LogP contribution is 2.48. The summed E-state index contributed by atoms with van der Waals surface area (Å²) in [6, 6.07) is 9.13. The maximum atomic E-state index is 13.3. The van der Waals surface area contributed by atoms with Gasteiger partial charge in [-0.15, -0.1) is 29.7 Å². The molecule has 34 heavy (non-hydrogen) atoms. The van der Waals surface area contributed by atoms with E-state index in [0.717, 1.165) is 24.6 Å². The molecule has 0 unspecified atom stereocenters. The smallest absolute Gasteiger partial charge is 0.405 e. The Labute approximate surface area is 199 Å². The topological polar surface area (TPSA) is 73.6 Å². The molecular formula is C23H22ClF3N3O3P. The van der Waals surface area contributed by atoms with Gasteiger partial charge in [0.25, 0.3) is 0 Å². The van der Waals surface area contributed by atoms with E-state index >= 15 is 0 Å². The first-order chi connectivity index (χ1) is 15.9. The molecule has 0 N–H and O–H groups in total. The summed E-state index contributed by atoms with van der Waals surface area (Å²) in [4.78, 5) is 16.0. The Morgan fingerprint density at radius 3 is 2.47 bits per heavy atom. The molecule has 180 valence electrons. The average molecular weight is 512 g/mol. The number of rotatable bonds is 7. The molecule has 1 aromatic heterocycles. The van der Waals surface area contributed by atoms with E-state index in [9.17, 15) is 22.6 Å². The van der Waals surface area contributed by atoms with E-state index in [1.165, 1.54) is 25.5 Å². The van der Waals surface area contributed by atoms with Gasteiger partial charge in [-0.25, -0.2) is 4.98 Å². The van der Waals surface area contributed by atoms with Gasteiger partial charge in [0.2, 0.25) is 0 Å². The van der Waals surface area contributed by atoms with Gasteiger partial charge in [0, 0.05) is 35.1 Å². The van der Waals surface area contributed by atoms with Crippen LogP contribution in [0.4, 0.5) is 18.9 Å². The first kappa shape index (κ1) is 24.5. The number of nitroso groups, excluding NO2 is 1. The van der Waals surface area contributed by atoms with Gasteiger partial charge in [-0.05, 0) is 49.5 Å². The second kappa shape index (κ2) is 8.86. The molecule has 0 amide bonds. The highest BCUT2D eigenvalue weighted by Gasteiger charge is 2.36. The second-order valence-electron chi connectivity index (χ2n) is 8.61. The molecule has 0 saturated heterocycles. The molecule has 1 saturated carbocycles. The first-order valence-electron chi connectivity index (χ1n) is 10.5. The average Bonchev–Trinajstić information content (AvgIpc) is 3.54. The Morgan fingerprint density at radius 1 is 1.21 bits per heavy atom. The third kappa shape index (κ3) is 4.77. The zero-order chi connectivity index (χ0) is 24.8. The van der Waals surface area contributed by atoms with E-state index in [0.29, 0.717) is 16.8 Å². The lowest BCUT2D eigenvalue weighted by molar-refractivity contribution is -0.274. The molecule has 1 aliphatic rings. The SMILES string of the molecule is Cn1c(-c2ccc(P(C)(C)=O)cc2OC(F)(F)F)nc(-c2cccc(N=O)c2CCl)c1C1CC1.